The van der Waals surface area contributed by atoms with Crippen molar-refractivity contribution in [2.24, 2.45) is 0 Å². The van der Waals surface area contributed by atoms with Crippen LogP contribution in [0.5, 0.6) is 11.5 Å². The molecule has 0 spiro atoms. The van der Waals surface area contributed by atoms with Gasteiger partial charge in [0.25, 0.3) is 0 Å². The number of halogens is 1. The van der Waals surface area contributed by atoms with Crippen molar-refractivity contribution in [3.63, 3.8) is 0 Å². The Balaban J connectivity index is 0.00000150. The quantitative estimate of drug-likeness (QED) is 0.821. The first-order valence-electron chi connectivity index (χ1n) is 8.89. The van der Waals surface area contributed by atoms with E-state index in [2.05, 4.69) is 25.2 Å². The lowest BCUT2D eigenvalue weighted by molar-refractivity contribution is -0.120. The van der Waals surface area contributed by atoms with Gasteiger partial charge in [-0.25, -0.2) is 9.97 Å². The second-order valence-electron chi connectivity index (χ2n) is 6.78. The molecule has 4 rings (SSSR count). The number of hydrogen-bond acceptors (Lipinski definition) is 8. The lowest BCUT2D eigenvalue weighted by Crippen LogP contribution is -2.39. The van der Waals surface area contributed by atoms with Gasteiger partial charge in [0, 0.05) is 34.3 Å². The summed E-state index contributed by atoms with van der Waals surface area (Å²) in [4.78, 5) is 29.6. The maximum atomic E-state index is 12.8. The number of nitrogens with one attached hydrogen (secondary N) is 1. The average molecular weight is 392 g/mol. The largest absolute Gasteiger partial charge is 0.453 e. The zero-order valence-electron chi connectivity index (χ0n) is 15.8. The summed E-state index contributed by atoms with van der Waals surface area (Å²) in [5, 5.41) is 2.92. The fourth-order valence-electron chi connectivity index (χ4n) is 3.35. The molecule has 28 heavy (non-hydrogen) atoms. The van der Waals surface area contributed by atoms with E-state index in [0.717, 1.165) is 25.1 Å². The van der Waals surface area contributed by atoms with E-state index in [0.29, 0.717) is 29.7 Å². The molecule has 1 amide bonds. The van der Waals surface area contributed by atoms with E-state index in [9.17, 15) is 4.79 Å². The van der Waals surface area contributed by atoms with Gasteiger partial charge in [0.05, 0.1) is 24.1 Å². The van der Waals surface area contributed by atoms with Crippen LogP contribution in [0.4, 0.5) is 16.3 Å². The van der Waals surface area contributed by atoms with Gasteiger partial charge in [0.2, 0.25) is 18.6 Å². The summed E-state index contributed by atoms with van der Waals surface area (Å²) in [6.45, 7) is 1.59. The highest BCUT2D eigenvalue weighted by atomic mass is 19.0. The Morgan fingerprint density at radius 3 is 2.86 bits per heavy atom. The molecule has 2 aromatic heterocycles. The molecule has 1 fully saturated rings. The number of carbonyl (C=O) groups excluding carboxylic acids is 1. The molecule has 4 heterocycles. The summed E-state index contributed by atoms with van der Waals surface area (Å²) in [5.41, 5.74) is 1.39. The standard InChI is InChI=1S/C18H22N6O3.FH.H2/c1-23(2)18-20-8-12(9-21-18)22-17(25)14-4-3-7-24(14)10-13-16-15(5-6-19-13)26-11-27-16;;/h5-6,8-9,14H,3-4,7,10-11H2,1-2H3,(H,22,25);2*1H/t14-;;/m1../s1. The van der Waals surface area contributed by atoms with Crippen LogP contribution in [-0.2, 0) is 11.3 Å². The Labute approximate surface area is 163 Å². The molecule has 1 atom stereocenters. The van der Waals surface area contributed by atoms with Crippen LogP contribution in [0.1, 0.15) is 20.0 Å². The lowest BCUT2D eigenvalue weighted by Gasteiger charge is -2.23. The number of aromatic nitrogens is 3. The number of rotatable bonds is 5. The van der Waals surface area contributed by atoms with Gasteiger partial charge in [-0.2, -0.15) is 0 Å². The summed E-state index contributed by atoms with van der Waals surface area (Å²) in [7, 11) is 3.74. The number of hydrogen-bond donors (Lipinski definition) is 1. The molecule has 0 bridgehead atoms. The third kappa shape index (κ3) is 3.96. The number of likely N-dealkylation sites (tertiary alicyclic amines) is 1. The van der Waals surface area contributed by atoms with Gasteiger partial charge >= 0.3 is 0 Å². The number of pyridine rings is 1. The van der Waals surface area contributed by atoms with Crippen LogP contribution in [-0.4, -0.2) is 59.2 Å². The predicted molar refractivity (Wildman–Crippen MR) is 103 cm³/mol. The molecule has 9 nitrogen and oxygen atoms in total. The van der Waals surface area contributed by atoms with Crippen molar-refractivity contribution < 1.29 is 20.4 Å². The van der Waals surface area contributed by atoms with E-state index >= 15 is 0 Å². The molecule has 2 aliphatic heterocycles. The number of anilines is 2. The molecule has 1 N–H and O–H groups in total. The molecule has 152 valence electrons. The van der Waals surface area contributed by atoms with Gasteiger partial charge in [-0.3, -0.25) is 19.4 Å². The summed E-state index contributed by atoms with van der Waals surface area (Å²) in [6.07, 6.45) is 6.71. The van der Waals surface area contributed by atoms with Crippen molar-refractivity contribution in [3.8, 4) is 11.5 Å². The van der Waals surface area contributed by atoms with Crippen molar-refractivity contribution in [1.29, 1.82) is 0 Å². The maximum absolute atomic E-state index is 12.8. The van der Waals surface area contributed by atoms with E-state index in [1.54, 1.807) is 29.6 Å². The third-order valence-electron chi connectivity index (χ3n) is 4.68. The number of carbonyl (C=O) groups is 1. The fourth-order valence-corrected chi connectivity index (χ4v) is 3.35. The Morgan fingerprint density at radius 2 is 2.11 bits per heavy atom. The monoisotopic (exact) mass is 392 g/mol. The molecule has 0 aliphatic carbocycles. The van der Waals surface area contributed by atoms with Gasteiger partial charge in [-0.15, -0.1) is 0 Å². The molecule has 0 saturated carbocycles. The highest BCUT2D eigenvalue weighted by molar-refractivity contribution is 5.94. The first-order valence-corrected chi connectivity index (χ1v) is 8.89. The van der Waals surface area contributed by atoms with E-state index in [1.165, 1.54) is 0 Å². The summed E-state index contributed by atoms with van der Waals surface area (Å²) >= 11 is 0. The van der Waals surface area contributed by atoms with E-state index in [4.69, 9.17) is 9.47 Å². The van der Waals surface area contributed by atoms with Crippen LogP contribution in [0.15, 0.2) is 24.7 Å². The van der Waals surface area contributed by atoms with Crippen LogP contribution in [0.25, 0.3) is 0 Å². The Hall–Kier alpha value is -3.01. The lowest BCUT2D eigenvalue weighted by atomic mass is 10.2. The average Bonchev–Trinajstić information content (AvgIpc) is 3.32. The fraction of sp³-hybridized carbons (Fsp3) is 0.444. The van der Waals surface area contributed by atoms with Crippen molar-refractivity contribution in [3.05, 3.63) is 30.4 Å². The molecule has 10 heteroatoms. The van der Waals surface area contributed by atoms with Crippen LogP contribution in [0.2, 0.25) is 0 Å². The molecule has 1 saturated heterocycles. The Bertz CT molecular complexity index is 839. The van der Waals surface area contributed by atoms with Gasteiger partial charge in [0.15, 0.2) is 11.5 Å². The van der Waals surface area contributed by atoms with Gasteiger partial charge in [-0.1, -0.05) is 0 Å². The van der Waals surface area contributed by atoms with Crippen molar-refractivity contribution >= 4 is 17.5 Å². The minimum atomic E-state index is -0.224. The van der Waals surface area contributed by atoms with Crippen molar-refractivity contribution in [1.82, 2.24) is 19.9 Å². The first kappa shape index (κ1) is 19.7. The minimum absolute atomic E-state index is 0. The molecule has 2 aliphatic rings. The zero-order valence-corrected chi connectivity index (χ0v) is 15.8. The SMILES string of the molecule is CN(C)c1ncc(NC(=O)[C@H]2CCCN2Cc2nccc3c2OCO3)cn1.F.[HH]. The van der Waals surface area contributed by atoms with Crippen LogP contribution in [0, 0.1) is 0 Å². The van der Waals surface area contributed by atoms with Gasteiger partial charge in [0.1, 0.15) is 5.69 Å². The maximum Gasteiger partial charge on any atom is 0.241 e. The van der Waals surface area contributed by atoms with Gasteiger partial charge < -0.3 is 19.7 Å². The third-order valence-corrected chi connectivity index (χ3v) is 4.68. The first-order chi connectivity index (χ1) is 13.1. The number of nitrogens with zero attached hydrogens (tertiary/aromatic N) is 5. The van der Waals surface area contributed by atoms with Crippen LogP contribution in [0.3, 0.4) is 0 Å². The number of amides is 1. The summed E-state index contributed by atoms with van der Waals surface area (Å²) in [6, 6.07) is 1.57. The Morgan fingerprint density at radius 1 is 1.32 bits per heavy atom. The second kappa shape index (κ2) is 8.34. The number of ether oxygens (including phenoxy) is 2. The second-order valence-corrected chi connectivity index (χ2v) is 6.78. The highest BCUT2D eigenvalue weighted by Crippen LogP contribution is 2.35. The molecule has 0 aromatic carbocycles. The van der Waals surface area contributed by atoms with Crippen LogP contribution >= 0.6 is 0 Å². The zero-order chi connectivity index (χ0) is 18.8. The molecule has 0 radical (unpaired) electrons. The molecular formula is C18H25FN6O3. The van der Waals surface area contributed by atoms with Crippen molar-refractivity contribution in [2.45, 2.75) is 25.4 Å². The van der Waals surface area contributed by atoms with E-state index < -0.39 is 0 Å². The Kier molecular flexibility index (Phi) is 5.88. The topological polar surface area (TPSA) is 92.7 Å². The number of fused-ring (bicyclic) bond motifs is 1. The van der Waals surface area contributed by atoms with E-state index in [1.807, 2.05) is 14.1 Å². The predicted octanol–water partition coefficient (Wildman–Crippen LogP) is 1.67. The summed E-state index contributed by atoms with van der Waals surface area (Å²) < 4.78 is 10.9. The van der Waals surface area contributed by atoms with E-state index in [-0.39, 0.29) is 24.9 Å². The smallest absolute Gasteiger partial charge is 0.241 e. The molecule has 2 aromatic rings. The van der Waals surface area contributed by atoms with Gasteiger partial charge in [-0.05, 0) is 19.4 Å². The highest BCUT2D eigenvalue weighted by Gasteiger charge is 2.32. The molecular weight excluding hydrogens is 367 g/mol. The van der Waals surface area contributed by atoms with Crippen molar-refractivity contribution in [2.75, 3.05) is 37.6 Å². The van der Waals surface area contributed by atoms with Crippen LogP contribution < -0.4 is 19.7 Å². The molecule has 0 unspecified atom stereocenters. The summed E-state index contributed by atoms with van der Waals surface area (Å²) in [5.74, 6) is 1.93. The normalized spacial score (nSPS) is 17.9. The minimum Gasteiger partial charge on any atom is -0.453 e.